The maximum Gasteiger partial charge on any atom is 0.243 e. The monoisotopic (exact) mass is 323 g/mol. The zero-order valence-corrected chi connectivity index (χ0v) is 14.7. The number of carbonyl (C=O) groups excluding carboxylic acids is 1. The summed E-state index contributed by atoms with van der Waals surface area (Å²) in [6.07, 6.45) is 4.76. The molecule has 23 heavy (non-hydrogen) atoms. The van der Waals surface area contributed by atoms with Crippen LogP contribution < -0.4 is 10.6 Å². The van der Waals surface area contributed by atoms with Crippen molar-refractivity contribution >= 4 is 11.9 Å². The van der Waals surface area contributed by atoms with Crippen LogP contribution in [0, 0.1) is 0 Å². The van der Waals surface area contributed by atoms with Gasteiger partial charge in [-0.05, 0) is 6.42 Å². The Morgan fingerprint density at radius 3 is 2.70 bits per heavy atom. The van der Waals surface area contributed by atoms with Crippen molar-refractivity contribution in [2.24, 2.45) is 4.99 Å². The highest BCUT2D eigenvalue weighted by molar-refractivity contribution is 5.84. The van der Waals surface area contributed by atoms with E-state index in [0.29, 0.717) is 12.5 Å². The van der Waals surface area contributed by atoms with Crippen LogP contribution in [0.15, 0.2) is 11.3 Å². The number of rotatable bonds is 9. The van der Waals surface area contributed by atoms with Crippen molar-refractivity contribution in [2.45, 2.75) is 39.7 Å². The second-order valence-corrected chi connectivity index (χ2v) is 5.45. The number of nitrogens with zero attached hydrogens (tertiary/aromatic N) is 5. The lowest BCUT2D eigenvalue weighted by molar-refractivity contribution is -0.127. The van der Waals surface area contributed by atoms with E-state index in [1.165, 1.54) is 4.90 Å². The summed E-state index contributed by atoms with van der Waals surface area (Å²) in [5.41, 5.74) is 0. The molecule has 8 heteroatoms. The van der Waals surface area contributed by atoms with Crippen LogP contribution in [-0.2, 0) is 17.8 Å². The average molecular weight is 323 g/mol. The van der Waals surface area contributed by atoms with Gasteiger partial charge in [0.25, 0.3) is 0 Å². The van der Waals surface area contributed by atoms with Gasteiger partial charge < -0.3 is 20.1 Å². The molecule has 1 aromatic heterocycles. The summed E-state index contributed by atoms with van der Waals surface area (Å²) in [6, 6.07) is 0. The zero-order chi connectivity index (χ0) is 17.1. The molecular weight excluding hydrogens is 294 g/mol. The molecule has 0 aliphatic carbocycles. The van der Waals surface area contributed by atoms with Gasteiger partial charge in [0.15, 0.2) is 5.96 Å². The van der Waals surface area contributed by atoms with Gasteiger partial charge in [-0.3, -0.25) is 4.79 Å². The first-order valence-electron chi connectivity index (χ1n) is 8.17. The van der Waals surface area contributed by atoms with Crippen LogP contribution in [0.4, 0.5) is 0 Å². The molecule has 0 radical (unpaired) electrons. The molecule has 0 bridgehead atoms. The Hall–Kier alpha value is -2.12. The molecule has 0 unspecified atom stereocenters. The van der Waals surface area contributed by atoms with Crippen molar-refractivity contribution in [1.29, 1.82) is 0 Å². The fourth-order valence-electron chi connectivity index (χ4n) is 1.88. The number of aryl methyl sites for hydroxylation is 1. The third-order valence-electron chi connectivity index (χ3n) is 3.35. The summed E-state index contributed by atoms with van der Waals surface area (Å²) in [5, 5.41) is 14.5. The van der Waals surface area contributed by atoms with Gasteiger partial charge >= 0.3 is 0 Å². The Morgan fingerprint density at radius 1 is 1.30 bits per heavy atom. The number of likely N-dealkylation sites (N-methyl/N-ethyl adjacent to an activating group) is 1. The first-order valence-corrected chi connectivity index (χ1v) is 8.17. The Balaban J connectivity index is 2.51. The minimum Gasteiger partial charge on any atom is -0.356 e. The predicted molar refractivity (Wildman–Crippen MR) is 91.3 cm³/mol. The summed E-state index contributed by atoms with van der Waals surface area (Å²) in [6.45, 7) is 6.62. The van der Waals surface area contributed by atoms with Crippen molar-refractivity contribution in [1.82, 2.24) is 30.3 Å². The third kappa shape index (κ3) is 7.12. The molecule has 0 saturated heterocycles. The number of carbonyl (C=O) groups is 1. The SMILES string of the molecule is CCCCNC(=NCC(=O)N(C)C)NCCn1cnnc1CC. The molecule has 8 nitrogen and oxygen atoms in total. The van der Waals surface area contributed by atoms with Crippen LogP contribution in [0.25, 0.3) is 0 Å². The van der Waals surface area contributed by atoms with E-state index in [-0.39, 0.29) is 12.5 Å². The van der Waals surface area contributed by atoms with Crippen molar-refractivity contribution < 1.29 is 4.79 Å². The molecule has 1 aromatic rings. The van der Waals surface area contributed by atoms with E-state index in [2.05, 4.69) is 39.7 Å². The van der Waals surface area contributed by atoms with E-state index in [1.54, 1.807) is 20.4 Å². The Labute approximate surface area is 138 Å². The van der Waals surface area contributed by atoms with Crippen LogP contribution in [-0.4, -0.2) is 65.3 Å². The second-order valence-electron chi connectivity index (χ2n) is 5.45. The van der Waals surface area contributed by atoms with Crippen LogP contribution >= 0.6 is 0 Å². The molecule has 2 N–H and O–H groups in total. The molecule has 0 spiro atoms. The van der Waals surface area contributed by atoms with Crippen LogP contribution in [0.2, 0.25) is 0 Å². The molecule has 0 saturated carbocycles. The highest BCUT2D eigenvalue weighted by Crippen LogP contribution is 1.94. The molecule has 0 aliphatic heterocycles. The number of hydrogen-bond acceptors (Lipinski definition) is 4. The molecular formula is C15H29N7O. The highest BCUT2D eigenvalue weighted by Gasteiger charge is 2.05. The van der Waals surface area contributed by atoms with E-state index in [9.17, 15) is 4.79 Å². The topological polar surface area (TPSA) is 87.4 Å². The third-order valence-corrected chi connectivity index (χ3v) is 3.35. The van der Waals surface area contributed by atoms with Gasteiger partial charge in [-0.1, -0.05) is 20.3 Å². The quantitative estimate of drug-likeness (QED) is 0.387. The number of unbranched alkanes of at least 4 members (excludes halogenated alkanes) is 1. The van der Waals surface area contributed by atoms with Gasteiger partial charge in [-0.2, -0.15) is 0 Å². The summed E-state index contributed by atoms with van der Waals surface area (Å²) in [7, 11) is 3.46. The van der Waals surface area contributed by atoms with Crippen molar-refractivity contribution in [3.8, 4) is 0 Å². The first-order chi connectivity index (χ1) is 11.1. The molecule has 0 fully saturated rings. The molecule has 0 atom stereocenters. The fraction of sp³-hybridized carbons (Fsp3) is 0.733. The summed E-state index contributed by atoms with van der Waals surface area (Å²) >= 11 is 0. The van der Waals surface area contributed by atoms with E-state index < -0.39 is 0 Å². The molecule has 130 valence electrons. The molecule has 1 rings (SSSR count). The lowest BCUT2D eigenvalue weighted by Crippen LogP contribution is -2.40. The van der Waals surface area contributed by atoms with E-state index in [4.69, 9.17) is 0 Å². The van der Waals surface area contributed by atoms with Crippen molar-refractivity contribution in [3.63, 3.8) is 0 Å². The van der Waals surface area contributed by atoms with Crippen molar-refractivity contribution in [3.05, 3.63) is 12.2 Å². The smallest absolute Gasteiger partial charge is 0.243 e. The number of nitrogens with one attached hydrogen (secondary N) is 2. The highest BCUT2D eigenvalue weighted by atomic mass is 16.2. The Morgan fingerprint density at radius 2 is 2.04 bits per heavy atom. The minimum absolute atomic E-state index is 0.0197. The Kier molecular flexibility index (Phi) is 8.71. The van der Waals surface area contributed by atoms with Crippen LogP contribution in [0.3, 0.4) is 0 Å². The number of guanidine groups is 1. The fourth-order valence-corrected chi connectivity index (χ4v) is 1.88. The van der Waals surface area contributed by atoms with Gasteiger partial charge in [0.2, 0.25) is 5.91 Å². The first kappa shape index (κ1) is 18.9. The maximum atomic E-state index is 11.7. The predicted octanol–water partition coefficient (Wildman–Crippen LogP) is 0.264. The van der Waals surface area contributed by atoms with E-state index >= 15 is 0 Å². The number of hydrogen-bond donors (Lipinski definition) is 2. The van der Waals surface area contributed by atoms with Gasteiger partial charge in [0.05, 0.1) is 0 Å². The average Bonchev–Trinajstić information content (AvgIpc) is 2.99. The number of aliphatic imine (C=N–C) groups is 1. The maximum absolute atomic E-state index is 11.7. The van der Waals surface area contributed by atoms with Crippen LogP contribution in [0.1, 0.15) is 32.5 Å². The van der Waals surface area contributed by atoms with Crippen LogP contribution in [0.5, 0.6) is 0 Å². The number of amides is 1. The Bertz CT molecular complexity index is 496. The second kappa shape index (κ2) is 10.6. The van der Waals surface area contributed by atoms with Gasteiger partial charge in [-0.25, -0.2) is 4.99 Å². The largest absolute Gasteiger partial charge is 0.356 e. The molecule has 1 amide bonds. The molecule has 0 aromatic carbocycles. The molecule has 0 aliphatic rings. The van der Waals surface area contributed by atoms with E-state index in [1.807, 2.05) is 4.57 Å². The van der Waals surface area contributed by atoms with Gasteiger partial charge in [0, 0.05) is 40.2 Å². The molecule has 1 heterocycles. The van der Waals surface area contributed by atoms with Gasteiger partial charge in [0.1, 0.15) is 18.7 Å². The lowest BCUT2D eigenvalue weighted by atomic mass is 10.3. The minimum atomic E-state index is -0.0197. The standard InChI is InChI=1S/C15H29N7O/c1-5-7-8-16-15(18-11-14(23)21(3)4)17-9-10-22-12-19-20-13(22)6-2/h12H,5-11H2,1-4H3,(H2,16,17,18). The number of aromatic nitrogens is 3. The summed E-state index contributed by atoms with van der Waals surface area (Å²) < 4.78 is 2.02. The normalized spacial score (nSPS) is 11.4. The summed E-state index contributed by atoms with van der Waals surface area (Å²) in [4.78, 5) is 17.5. The van der Waals surface area contributed by atoms with Gasteiger partial charge in [-0.15, -0.1) is 10.2 Å². The van der Waals surface area contributed by atoms with Crippen molar-refractivity contribution in [2.75, 3.05) is 33.7 Å². The van der Waals surface area contributed by atoms with E-state index in [0.717, 1.165) is 38.2 Å². The zero-order valence-electron chi connectivity index (χ0n) is 14.7. The summed E-state index contributed by atoms with van der Waals surface area (Å²) in [5.74, 6) is 1.61. The lowest BCUT2D eigenvalue weighted by Gasteiger charge is -2.14.